The van der Waals surface area contributed by atoms with Crippen LogP contribution in [0.25, 0.3) is 29.1 Å². The molecule has 0 aliphatic rings. The molecule has 0 fully saturated rings. The van der Waals surface area contributed by atoms with Crippen LogP contribution in [0.4, 0.5) is 0 Å². The molecule has 3 nitrogen and oxygen atoms in total. The lowest BCUT2D eigenvalue weighted by atomic mass is 10.1. The fourth-order valence-corrected chi connectivity index (χ4v) is 2.76. The molecule has 0 amide bonds. The Morgan fingerprint density at radius 1 is 0.880 bits per heavy atom. The monoisotopic (exact) mass is 326 g/mol. The maximum atomic E-state index is 5.18. The molecule has 0 aliphatic carbocycles. The number of fused-ring (bicyclic) bond motifs is 1. The van der Waals surface area contributed by atoms with Gasteiger partial charge in [-0.2, -0.15) is 0 Å². The molecule has 0 unspecified atom stereocenters. The molecule has 2 aromatic carbocycles. The van der Waals surface area contributed by atoms with E-state index in [1.165, 1.54) is 0 Å². The van der Waals surface area contributed by atoms with Crippen LogP contribution in [0.1, 0.15) is 11.1 Å². The smallest absolute Gasteiger partial charge is 0.138 e. The third kappa shape index (κ3) is 3.31. The van der Waals surface area contributed by atoms with Crippen molar-refractivity contribution in [3.05, 3.63) is 90.3 Å². The molecule has 0 saturated carbocycles. The van der Waals surface area contributed by atoms with Gasteiger partial charge in [-0.1, -0.05) is 54.6 Å². The predicted molar refractivity (Wildman–Crippen MR) is 103 cm³/mol. The molecule has 25 heavy (non-hydrogen) atoms. The summed E-state index contributed by atoms with van der Waals surface area (Å²) in [5.74, 6) is 0.865. The third-order valence-corrected chi connectivity index (χ3v) is 4.14. The number of methoxy groups -OCH3 is 1. The highest BCUT2D eigenvalue weighted by molar-refractivity contribution is 5.72. The number of aromatic nitrogens is 2. The highest BCUT2D eigenvalue weighted by atomic mass is 16.5. The van der Waals surface area contributed by atoms with Crippen LogP contribution in [-0.4, -0.2) is 16.5 Å². The van der Waals surface area contributed by atoms with E-state index in [1.54, 1.807) is 7.11 Å². The fourth-order valence-electron chi connectivity index (χ4n) is 2.76. The summed E-state index contributed by atoms with van der Waals surface area (Å²) in [6.45, 7) is 0. The number of hydrogen-bond acceptors (Lipinski definition) is 2. The van der Waals surface area contributed by atoms with E-state index in [-0.39, 0.29) is 0 Å². The quantitative estimate of drug-likeness (QED) is 0.516. The molecule has 2 heterocycles. The first-order valence-corrected chi connectivity index (χ1v) is 8.18. The van der Waals surface area contributed by atoms with E-state index in [1.807, 2.05) is 53.1 Å². The molecular weight excluding hydrogens is 308 g/mol. The van der Waals surface area contributed by atoms with Crippen molar-refractivity contribution in [2.24, 2.45) is 0 Å². The minimum absolute atomic E-state index is 0.865. The minimum atomic E-state index is 0.865. The largest absolute Gasteiger partial charge is 0.497 e. The van der Waals surface area contributed by atoms with Gasteiger partial charge >= 0.3 is 0 Å². The number of rotatable bonds is 4. The third-order valence-electron chi connectivity index (χ3n) is 4.14. The van der Waals surface area contributed by atoms with Gasteiger partial charge in [-0.25, -0.2) is 4.98 Å². The van der Waals surface area contributed by atoms with Crippen molar-refractivity contribution in [1.29, 1.82) is 0 Å². The lowest BCUT2D eigenvalue weighted by Gasteiger charge is -1.99. The van der Waals surface area contributed by atoms with Crippen molar-refractivity contribution >= 4 is 17.8 Å². The van der Waals surface area contributed by atoms with E-state index >= 15 is 0 Å². The van der Waals surface area contributed by atoms with Crippen LogP contribution in [0.5, 0.6) is 5.75 Å². The Balaban J connectivity index is 1.61. The molecule has 0 bridgehead atoms. The van der Waals surface area contributed by atoms with Crippen molar-refractivity contribution in [2.45, 2.75) is 0 Å². The molecule has 122 valence electrons. The zero-order valence-electron chi connectivity index (χ0n) is 14.0. The summed E-state index contributed by atoms with van der Waals surface area (Å²) in [6.07, 6.45) is 8.29. The van der Waals surface area contributed by atoms with Crippen molar-refractivity contribution in [3.8, 4) is 17.0 Å². The van der Waals surface area contributed by atoms with Gasteiger partial charge in [0.2, 0.25) is 0 Å². The van der Waals surface area contributed by atoms with Crippen LogP contribution in [0.3, 0.4) is 0 Å². The molecule has 3 heteroatoms. The number of imidazole rings is 1. The SMILES string of the molecule is COc1ccc(/C=C/c2ccn3cc(-c4ccccc4)nc3c2)cc1. The number of benzene rings is 2. The van der Waals surface area contributed by atoms with E-state index in [2.05, 4.69) is 42.6 Å². The van der Waals surface area contributed by atoms with Crippen LogP contribution in [-0.2, 0) is 0 Å². The predicted octanol–water partition coefficient (Wildman–Crippen LogP) is 5.18. The first-order valence-electron chi connectivity index (χ1n) is 8.18. The molecule has 2 aromatic heterocycles. The van der Waals surface area contributed by atoms with Gasteiger partial charge in [-0.05, 0) is 35.4 Å². The van der Waals surface area contributed by atoms with Gasteiger partial charge in [0, 0.05) is 18.0 Å². The molecule has 4 rings (SSSR count). The molecule has 0 aliphatic heterocycles. The Labute approximate surface area is 146 Å². The second-order valence-electron chi connectivity index (χ2n) is 5.82. The van der Waals surface area contributed by atoms with E-state index in [9.17, 15) is 0 Å². The second-order valence-corrected chi connectivity index (χ2v) is 5.82. The topological polar surface area (TPSA) is 26.5 Å². The van der Waals surface area contributed by atoms with Crippen LogP contribution in [0.15, 0.2) is 79.1 Å². The molecular formula is C22H18N2O. The van der Waals surface area contributed by atoms with Crippen LogP contribution in [0, 0.1) is 0 Å². The van der Waals surface area contributed by atoms with E-state index in [0.29, 0.717) is 0 Å². The average molecular weight is 326 g/mol. The second kappa shape index (κ2) is 6.65. The summed E-state index contributed by atoms with van der Waals surface area (Å²) < 4.78 is 7.23. The number of nitrogens with zero attached hydrogens (tertiary/aromatic N) is 2. The molecule has 0 radical (unpaired) electrons. The van der Waals surface area contributed by atoms with Gasteiger partial charge in [-0.15, -0.1) is 0 Å². The Morgan fingerprint density at radius 2 is 1.64 bits per heavy atom. The summed E-state index contributed by atoms with van der Waals surface area (Å²) in [6, 6.07) is 22.4. The van der Waals surface area contributed by atoms with Gasteiger partial charge in [0.15, 0.2) is 0 Å². The average Bonchev–Trinajstić information content (AvgIpc) is 3.11. The van der Waals surface area contributed by atoms with Crippen LogP contribution < -0.4 is 4.74 Å². The number of ether oxygens (including phenoxy) is 1. The van der Waals surface area contributed by atoms with E-state index in [4.69, 9.17) is 9.72 Å². The highest BCUT2D eigenvalue weighted by Gasteiger charge is 2.03. The highest BCUT2D eigenvalue weighted by Crippen LogP contribution is 2.20. The zero-order chi connectivity index (χ0) is 17.1. The number of hydrogen-bond donors (Lipinski definition) is 0. The standard InChI is InChI=1S/C22H18N2O/c1-25-20-11-9-17(10-12-20)7-8-18-13-14-24-16-21(23-22(24)15-18)19-5-3-2-4-6-19/h2-16H,1H3/b8-7+. The first kappa shape index (κ1) is 15.2. The summed E-state index contributed by atoms with van der Waals surface area (Å²) >= 11 is 0. The van der Waals surface area contributed by atoms with Crippen LogP contribution in [0.2, 0.25) is 0 Å². The zero-order valence-corrected chi connectivity index (χ0v) is 14.0. The Morgan fingerprint density at radius 3 is 2.40 bits per heavy atom. The molecule has 0 spiro atoms. The van der Waals surface area contributed by atoms with Crippen molar-refractivity contribution in [3.63, 3.8) is 0 Å². The number of pyridine rings is 1. The maximum absolute atomic E-state index is 5.18. The lowest BCUT2D eigenvalue weighted by molar-refractivity contribution is 0.415. The molecule has 0 saturated heterocycles. The van der Waals surface area contributed by atoms with Crippen molar-refractivity contribution in [2.75, 3.05) is 7.11 Å². The van der Waals surface area contributed by atoms with Gasteiger partial charge in [0.05, 0.1) is 12.8 Å². The first-order chi connectivity index (χ1) is 12.3. The van der Waals surface area contributed by atoms with E-state index < -0.39 is 0 Å². The van der Waals surface area contributed by atoms with Gasteiger partial charge in [-0.3, -0.25) is 0 Å². The van der Waals surface area contributed by atoms with Crippen molar-refractivity contribution in [1.82, 2.24) is 9.38 Å². The van der Waals surface area contributed by atoms with Gasteiger partial charge in [0.25, 0.3) is 0 Å². The van der Waals surface area contributed by atoms with Crippen molar-refractivity contribution < 1.29 is 4.74 Å². The van der Waals surface area contributed by atoms with E-state index in [0.717, 1.165) is 33.8 Å². The summed E-state index contributed by atoms with van der Waals surface area (Å²) in [4.78, 5) is 4.73. The van der Waals surface area contributed by atoms with Gasteiger partial charge < -0.3 is 9.14 Å². The summed E-state index contributed by atoms with van der Waals surface area (Å²) in [5, 5.41) is 0. The molecule has 0 N–H and O–H groups in total. The normalized spacial score (nSPS) is 11.2. The minimum Gasteiger partial charge on any atom is -0.497 e. The molecule has 4 aromatic rings. The Kier molecular flexibility index (Phi) is 4.05. The summed E-state index contributed by atoms with van der Waals surface area (Å²) in [5.41, 5.74) is 5.30. The Bertz CT molecular complexity index is 1020. The lowest BCUT2D eigenvalue weighted by Crippen LogP contribution is -1.83. The molecule has 0 atom stereocenters. The van der Waals surface area contributed by atoms with Gasteiger partial charge in [0.1, 0.15) is 11.4 Å². The Hall–Kier alpha value is -3.33. The summed E-state index contributed by atoms with van der Waals surface area (Å²) in [7, 11) is 1.67. The fraction of sp³-hybridized carbons (Fsp3) is 0.0455. The van der Waals surface area contributed by atoms with Crippen LogP contribution >= 0.6 is 0 Å². The maximum Gasteiger partial charge on any atom is 0.138 e.